The highest BCUT2D eigenvalue weighted by molar-refractivity contribution is 6.05. The molecule has 154 valence electrons. The molecular weight excluding hydrogens is 366 g/mol. The van der Waals surface area contributed by atoms with E-state index in [0.29, 0.717) is 18.8 Å². The number of carbonyl (C=O) groups is 1. The minimum atomic E-state index is -0.415. The number of amides is 1. The molecule has 2 saturated heterocycles. The van der Waals surface area contributed by atoms with Crippen molar-refractivity contribution in [3.63, 3.8) is 0 Å². The van der Waals surface area contributed by atoms with Gasteiger partial charge in [-0.3, -0.25) is 4.79 Å². The van der Waals surface area contributed by atoms with Gasteiger partial charge in [0.15, 0.2) is 5.79 Å². The number of aromatic nitrogens is 1. The van der Waals surface area contributed by atoms with Gasteiger partial charge in [0.1, 0.15) is 5.82 Å². The smallest absolute Gasteiger partial charge is 0.255 e. The zero-order valence-electron chi connectivity index (χ0n) is 17.4. The fourth-order valence-corrected chi connectivity index (χ4v) is 4.04. The van der Waals surface area contributed by atoms with Crippen LogP contribution in [0.2, 0.25) is 0 Å². The maximum absolute atomic E-state index is 12.9. The summed E-state index contributed by atoms with van der Waals surface area (Å²) in [7, 11) is 0. The molecule has 1 aromatic carbocycles. The van der Waals surface area contributed by atoms with Gasteiger partial charge in [0.05, 0.1) is 13.2 Å². The first-order chi connectivity index (χ1) is 13.9. The lowest BCUT2D eigenvalue weighted by molar-refractivity contribution is -0.169. The largest absolute Gasteiger partial charge is 0.356 e. The lowest BCUT2D eigenvalue weighted by Crippen LogP contribution is -2.45. The zero-order valence-corrected chi connectivity index (χ0v) is 17.4. The van der Waals surface area contributed by atoms with Gasteiger partial charge in [-0.1, -0.05) is 39.0 Å². The molecule has 1 N–H and O–H groups in total. The SMILES string of the molecule is CC(C)(C)c1ccccc1NC(=O)c1ccnc(N2CCC3(CC2)OCCO3)c1. The van der Waals surface area contributed by atoms with Crippen LogP contribution in [0.1, 0.15) is 49.5 Å². The van der Waals surface area contributed by atoms with E-state index in [9.17, 15) is 4.79 Å². The lowest BCUT2D eigenvalue weighted by atomic mass is 9.86. The van der Waals surface area contributed by atoms with Crippen molar-refractivity contribution in [3.8, 4) is 0 Å². The summed E-state index contributed by atoms with van der Waals surface area (Å²) in [5.41, 5.74) is 2.51. The molecule has 0 aliphatic carbocycles. The average Bonchev–Trinajstić information content (AvgIpc) is 3.16. The molecule has 2 fully saturated rings. The van der Waals surface area contributed by atoms with Crippen LogP contribution in [0.3, 0.4) is 0 Å². The first-order valence-corrected chi connectivity index (χ1v) is 10.3. The van der Waals surface area contributed by atoms with Crippen molar-refractivity contribution in [2.75, 3.05) is 36.5 Å². The Labute approximate surface area is 172 Å². The minimum Gasteiger partial charge on any atom is -0.356 e. The lowest BCUT2D eigenvalue weighted by Gasteiger charge is -2.38. The molecule has 3 heterocycles. The Morgan fingerprint density at radius 1 is 1.10 bits per heavy atom. The predicted octanol–water partition coefficient (Wildman–Crippen LogP) is 3.97. The number of benzene rings is 1. The van der Waals surface area contributed by atoms with Gasteiger partial charge in [-0.25, -0.2) is 4.98 Å². The molecule has 4 rings (SSSR count). The molecule has 29 heavy (non-hydrogen) atoms. The highest BCUT2D eigenvalue weighted by atomic mass is 16.7. The summed E-state index contributed by atoms with van der Waals surface area (Å²) in [4.78, 5) is 19.6. The third-order valence-corrected chi connectivity index (χ3v) is 5.65. The van der Waals surface area contributed by atoms with Crippen LogP contribution >= 0.6 is 0 Å². The summed E-state index contributed by atoms with van der Waals surface area (Å²) in [6.45, 7) is 9.36. The Hall–Kier alpha value is -2.44. The Morgan fingerprint density at radius 2 is 1.79 bits per heavy atom. The predicted molar refractivity (Wildman–Crippen MR) is 113 cm³/mol. The molecule has 0 saturated carbocycles. The van der Waals surface area contributed by atoms with Crippen molar-refractivity contribution in [2.45, 2.75) is 44.8 Å². The number of nitrogens with one attached hydrogen (secondary N) is 1. The van der Waals surface area contributed by atoms with Crippen LogP contribution in [0, 0.1) is 0 Å². The summed E-state index contributed by atoms with van der Waals surface area (Å²) in [6.07, 6.45) is 3.32. The van der Waals surface area contributed by atoms with Crippen LogP contribution in [-0.4, -0.2) is 43.0 Å². The standard InChI is InChI=1S/C23H29N3O3/c1-22(2,3)18-6-4-5-7-19(18)25-21(27)17-8-11-24-20(16-17)26-12-9-23(10-13-26)28-14-15-29-23/h4-8,11,16H,9-10,12-15H2,1-3H3,(H,25,27). The van der Waals surface area contributed by atoms with Crippen molar-refractivity contribution >= 4 is 17.4 Å². The van der Waals surface area contributed by atoms with Crippen molar-refractivity contribution in [3.05, 3.63) is 53.7 Å². The highest BCUT2D eigenvalue weighted by Gasteiger charge is 2.40. The van der Waals surface area contributed by atoms with E-state index in [-0.39, 0.29) is 11.3 Å². The van der Waals surface area contributed by atoms with Gasteiger partial charge in [0, 0.05) is 43.4 Å². The van der Waals surface area contributed by atoms with E-state index in [1.54, 1.807) is 12.3 Å². The number of carbonyl (C=O) groups excluding carboxylic acids is 1. The van der Waals surface area contributed by atoms with E-state index < -0.39 is 5.79 Å². The number of hydrogen-bond acceptors (Lipinski definition) is 5. The van der Waals surface area contributed by atoms with Gasteiger partial charge in [-0.15, -0.1) is 0 Å². The van der Waals surface area contributed by atoms with Crippen LogP contribution < -0.4 is 10.2 Å². The van der Waals surface area contributed by atoms with Crippen LogP contribution in [0.25, 0.3) is 0 Å². The third-order valence-electron chi connectivity index (χ3n) is 5.65. The topological polar surface area (TPSA) is 63.7 Å². The summed E-state index contributed by atoms with van der Waals surface area (Å²) in [5, 5.41) is 3.08. The minimum absolute atomic E-state index is 0.0542. The van der Waals surface area contributed by atoms with Crippen LogP contribution in [0.5, 0.6) is 0 Å². The molecule has 0 bridgehead atoms. The second kappa shape index (κ2) is 7.76. The fourth-order valence-electron chi connectivity index (χ4n) is 4.04. The van der Waals surface area contributed by atoms with Gasteiger partial charge in [-0.05, 0) is 29.2 Å². The normalized spacial score (nSPS) is 18.8. The monoisotopic (exact) mass is 395 g/mol. The molecule has 1 amide bonds. The number of rotatable bonds is 3. The summed E-state index contributed by atoms with van der Waals surface area (Å²) >= 11 is 0. The Balaban J connectivity index is 1.47. The molecule has 2 aliphatic rings. The number of ether oxygens (including phenoxy) is 2. The quantitative estimate of drug-likeness (QED) is 0.852. The Morgan fingerprint density at radius 3 is 2.48 bits per heavy atom. The molecule has 6 nitrogen and oxygen atoms in total. The fraction of sp³-hybridized carbons (Fsp3) is 0.478. The maximum Gasteiger partial charge on any atom is 0.255 e. The molecule has 0 atom stereocenters. The van der Waals surface area contributed by atoms with E-state index in [1.165, 1.54) is 0 Å². The van der Waals surface area contributed by atoms with Crippen LogP contribution in [-0.2, 0) is 14.9 Å². The summed E-state index contributed by atoms with van der Waals surface area (Å²) in [5.74, 6) is 0.276. The first-order valence-electron chi connectivity index (χ1n) is 10.3. The number of nitrogens with zero attached hydrogens (tertiary/aromatic N) is 2. The van der Waals surface area contributed by atoms with E-state index in [0.717, 1.165) is 43.0 Å². The zero-order chi connectivity index (χ0) is 20.5. The molecule has 0 unspecified atom stereocenters. The third kappa shape index (κ3) is 4.28. The Kier molecular flexibility index (Phi) is 5.32. The molecular formula is C23H29N3O3. The first kappa shape index (κ1) is 19.9. The van der Waals surface area contributed by atoms with Gasteiger partial charge in [-0.2, -0.15) is 0 Å². The second-order valence-corrected chi connectivity index (χ2v) is 8.75. The van der Waals surface area contributed by atoms with Crippen molar-refractivity contribution in [1.29, 1.82) is 0 Å². The average molecular weight is 396 g/mol. The van der Waals surface area contributed by atoms with Gasteiger partial charge < -0.3 is 19.7 Å². The number of hydrogen-bond donors (Lipinski definition) is 1. The number of pyridine rings is 1. The highest BCUT2D eigenvalue weighted by Crippen LogP contribution is 2.33. The molecule has 2 aromatic rings. The van der Waals surface area contributed by atoms with Crippen LogP contribution in [0.15, 0.2) is 42.6 Å². The number of para-hydroxylation sites is 1. The Bertz CT molecular complexity index is 875. The molecule has 2 aliphatic heterocycles. The van der Waals surface area contributed by atoms with E-state index in [4.69, 9.17) is 9.47 Å². The molecule has 1 spiro atoms. The number of piperidine rings is 1. The molecule has 0 radical (unpaired) electrons. The number of anilines is 2. The van der Waals surface area contributed by atoms with Crippen LogP contribution in [0.4, 0.5) is 11.5 Å². The summed E-state index contributed by atoms with van der Waals surface area (Å²) in [6, 6.07) is 11.6. The van der Waals surface area contributed by atoms with Crippen molar-refractivity contribution in [1.82, 2.24) is 4.98 Å². The van der Waals surface area contributed by atoms with Crippen molar-refractivity contribution in [2.24, 2.45) is 0 Å². The van der Waals surface area contributed by atoms with Gasteiger partial charge >= 0.3 is 0 Å². The van der Waals surface area contributed by atoms with E-state index >= 15 is 0 Å². The van der Waals surface area contributed by atoms with Gasteiger partial charge in [0.2, 0.25) is 0 Å². The van der Waals surface area contributed by atoms with E-state index in [2.05, 4.69) is 42.0 Å². The van der Waals surface area contributed by atoms with Crippen molar-refractivity contribution < 1.29 is 14.3 Å². The summed E-state index contributed by atoms with van der Waals surface area (Å²) < 4.78 is 11.6. The maximum atomic E-state index is 12.9. The molecule has 6 heteroatoms. The van der Waals surface area contributed by atoms with Gasteiger partial charge in [0.25, 0.3) is 5.91 Å². The molecule has 1 aromatic heterocycles. The second-order valence-electron chi connectivity index (χ2n) is 8.75. The van der Waals surface area contributed by atoms with E-state index in [1.807, 2.05) is 24.3 Å².